The van der Waals surface area contributed by atoms with Crippen LogP contribution in [0.1, 0.15) is 33.1 Å². The maximum absolute atomic E-state index is 12.2. The van der Waals surface area contributed by atoms with Gasteiger partial charge in [-0.2, -0.15) is 0 Å². The van der Waals surface area contributed by atoms with Gasteiger partial charge in [0.25, 0.3) is 0 Å². The number of aliphatic carboxylic acids is 1. The summed E-state index contributed by atoms with van der Waals surface area (Å²) in [6.45, 7) is 11.2. The molecule has 0 aromatic rings. The van der Waals surface area contributed by atoms with Crippen LogP contribution in [-0.4, -0.2) is 59.5 Å². The second kappa shape index (κ2) is 8.04. The Morgan fingerprint density at radius 1 is 1.45 bits per heavy atom. The van der Waals surface area contributed by atoms with Crippen molar-refractivity contribution in [3.05, 3.63) is 12.2 Å². The highest BCUT2D eigenvalue weighted by Crippen LogP contribution is 2.20. The van der Waals surface area contributed by atoms with Gasteiger partial charge < -0.3 is 10.0 Å². The minimum atomic E-state index is -0.738. The van der Waals surface area contributed by atoms with Crippen LogP contribution in [0.5, 0.6) is 0 Å². The smallest absolute Gasteiger partial charge is 0.303 e. The highest BCUT2D eigenvalue weighted by atomic mass is 16.4. The second-order valence-electron chi connectivity index (χ2n) is 5.69. The number of amides is 1. The molecule has 0 saturated carbocycles. The maximum atomic E-state index is 12.2. The minimum Gasteiger partial charge on any atom is -0.481 e. The van der Waals surface area contributed by atoms with Gasteiger partial charge in [0, 0.05) is 26.1 Å². The minimum absolute atomic E-state index is 0.134. The molecule has 1 N–H and O–H groups in total. The Kier molecular flexibility index (Phi) is 6.71. The fourth-order valence-electron chi connectivity index (χ4n) is 2.61. The van der Waals surface area contributed by atoms with E-state index in [2.05, 4.69) is 11.5 Å². The molecular weight excluding hydrogens is 256 g/mol. The van der Waals surface area contributed by atoms with E-state index in [9.17, 15) is 9.59 Å². The van der Waals surface area contributed by atoms with Crippen LogP contribution < -0.4 is 0 Å². The van der Waals surface area contributed by atoms with Crippen LogP contribution in [-0.2, 0) is 9.59 Å². The van der Waals surface area contributed by atoms with Gasteiger partial charge in [0.05, 0.1) is 6.54 Å². The van der Waals surface area contributed by atoms with Gasteiger partial charge in [0.15, 0.2) is 0 Å². The predicted octanol–water partition coefficient (Wildman–Crippen LogP) is 1.60. The lowest BCUT2D eigenvalue weighted by Crippen LogP contribution is -2.40. The molecule has 1 fully saturated rings. The largest absolute Gasteiger partial charge is 0.481 e. The fourth-order valence-corrected chi connectivity index (χ4v) is 2.61. The first-order valence-electron chi connectivity index (χ1n) is 7.28. The number of rotatable bonds is 8. The molecule has 1 aliphatic rings. The van der Waals surface area contributed by atoms with Crippen molar-refractivity contribution in [3.8, 4) is 0 Å². The van der Waals surface area contributed by atoms with Crippen molar-refractivity contribution in [1.29, 1.82) is 0 Å². The monoisotopic (exact) mass is 282 g/mol. The summed E-state index contributed by atoms with van der Waals surface area (Å²) in [6, 6.07) is 0. The van der Waals surface area contributed by atoms with E-state index in [1.165, 1.54) is 0 Å². The standard InChI is InChI=1S/C15H26N2O3/c1-4-17(9-12(2)3)14(18)11-16-8-7-13(10-16)5-6-15(19)20/h13H,2,4-11H2,1,3H3,(H,19,20). The Morgan fingerprint density at radius 3 is 2.70 bits per heavy atom. The van der Waals surface area contributed by atoms with Crippen LogP contribution in [0, 0.1) is 5.92 Å². The molecule has 1 saturated heterocycles. The average Bonchev–Trinajstić information content (AvgIpc) is 2.80. The molecule has 5 heteroatoms. The molecule has 0 radical (unpaired) electrons. The Balaban J connectivity index is 2.36. The third-order valence-electron chi connectivity index (χ3n) is 3.69. The lowest BCUT2D eigenvalue weighted by molar-refractivity contribution is -0.137. The van der Waals surface area contributed by atoms with Gasteiger partial charge in [-0.3, -0.25) is 14.5 Å². The molecule has 114 valence electrons. The zero-order valence-corrected chi connectivity index (χ0v) is 12.6. The molecule has 1 aliphatic heterocycles. The zero-order valence-electron chi connectivity index (χ0n) is 12.6. The van der Waals surface area contributed by atoms with Crippen molar-refractivity contribution >= 4 is 11.9 Å². The van der Waals surface area contributed by atoms with Crippen molar-refractivity contribution in [2.45, 2.75) is 33.1 Å². The van der Waals surface area contributed by atoms with Crippen LogP contribution in [0.25, 0.3) is 0 Å². The second-order valence-corrected chi connectivity index (χ2v) is 5.69. The average molecular weight is 282 g/mol. The number of carbonyl (C=O) groups excluding carboxylic acids is 1. The van der Waals surface area contributed by atoms with Crippen LogP contribution in [0.2, 0.25) is 0 Å². The molecule has 0 spiro atoms. The van der Waals surface area contributed by atoms with Gasteiger partial charge in [-0.15, -0.1) is 0 Å². The first-order chi connectivity index (χ1) is 9.42. The first-order valence-corrected chi connectivity index (χ1v) is 7.28. The highest BCUT2D eigenvalue weighted by molar-refractivity contribution is 5.78. The van der Waals surface area contributed by atoms with E-state index in [0.717, 1.165) is 25.1 Å². The fraction of sp³-hybridized carbons (Fsp3) is 0.733. The number of nitrogens with zero attached hydrogens (tertiary/aromatic N) is 2. The first kappa shape index (κ1) is 16.7. The van der Waals surface area contributed by atoms with Gasteiger partial charge in [-0.25, -0.2) is 0 Å². The molecule has 1 unspecified atom stereocenters. The normalized spacial score (nSPS) is 19.0. The lowest BCUT2D eigenvalue weighted by atomic mass is 10.0. The van der Waals surface area contributed by atoms with Crippen LogP contribution >= 0.6 is 0 Å². The zero-order chi connectivity index (χ0) is 15.1. The summed E-state index contributed by atoms with van der Waals surface area (Å²) in [5, 5.41) is 8.69. The van der Waals surface area contributed by atoms with Crippen molar-refractivity contribution in [1.82, 2.24) is 9.80 Å². The molecule has 1 amide bonds. The van der Waals surface area contributed by atoms with E-state index in [4.69, 9.17) is 5.11 Å². The van der Waals surface area contributed by atoms with Crippen LogP contribution in [0.15, 0.2) is 12.2 Å². The Hall–Kier alpha value is -1.36. The van der Waals surface area contributed by atoms with Crippen molar-refractivity contribution in [2.75, 3.05) is 32.7 Å². The number of carboxylic acid groups (broad SMARTS) is 1. The van der Waals surface area contributed by atoms with Gasteiger partial charge >= 0.3 is 5.97 Å². The van der Waals surface area contributed by atoms with Crippen molar-refractivity contribution < 1.29 is 14.7 Å². The van der Waals surface area contributed by atoms with Crippen molar-refractivity contribution in [3.63, 3.8) is 0 Å². The van der Waals surface area contributed by atoms with E-state index in [0.29, 0.717) is 32.0 Å². The highest BCUT2D eigenvalue weighted by Gasteiger charge is 2.25. The Labute approximate surface area is 121 Å². The molecule has 1 heterocycles. The number of carbonyl (C=O) groups is 2. The van der Waals surface area contributed by atoms with Crippen molar-refractivity contribution in [2.24, 2.45) is 5.92 Å². The van der Waals surface area contributed by atoms with E-state index < -0.39 is 5.97 Å². The quantitative estimate of drug-likeness (QED) is 0.687. The van der Waals surface area contributed by atoms with Gasteiger partial charge in [-0.1, -0.05) is 12.2 Å². The third-order valence-corrected chi connectivity index (χ3v) is 3.69. The number of hydrogen-bond donors (Lipinski definition) is 1. The molecule has 0 bridgehead atoms. The van der Waals surface area contributed by atoms with Gasteiger partial charge in [0.1, 0.15) is 0 Å². The molecule has 1 rings (SSSR count). The number of likely N-dealkylation sites (tertiary alicyclic amines) is 1. The van der Waals surface area contributed by atoms with E-state index in [1.807, 2.05) is 18.7 Å². The molecular formula is C15H26N2O3. The van der Waals surface area contributed by atoms with E-state index >= 15 is 0 Å². The Morgan fingerprint density at radius 2 is 2.15 bits per heavy atom. The predicted molar refractivity (Wildman–Crippen MR) is 78.5 cm³/mol. The summed E-state index contributed by atoms with van der Waals surface area (Å²) in [5.41, 5.74) is 0.987. The number of hydrogen-bond acceptors (Lipinski definition) is 3. The summed E-state index contributed by atoms with van der Waals surface area (Å²) in [4.78, 5) is 26.7. The summed E-state index contributed by atoms with van der Waals surface area (Å²) >= 11 is 0. The van der Waals surface area contributed by atoms with Crippen LogP contribution in [0.3, 0.4) is 0 Å². The summed E-state index contributed by atoms with van der Waals surface area (Å²) in [6.07, 6.45) is 1.93. The Bertz CT molecular complexity index is 368. The molecule has 1 atom stereocenters. The maximum Gasteiger partial charge on any atom is 0.303 e. The third kappa shape index (κ3) is 5.74. The number of carboxylic acids is 1. The van der Waals surface area contributed by atoms with Gasteiger partial charge in [0.2, 0.25) is 5.91 Å². The van der Waals surface area contributed by atoms with Gasteiger partial charge in [-0.05, 0) is 39.2 Å². The van der Waals surface area contributed by atoms with E-state index in [-0.39, 0.29) is 12.3 Å². The topological polar surface area (TPSA) is 60.9 Å². The molecule has 20 heavy (non-hydrogen) atoms. The number of likely N-dealkylation sites (N-methyl/N-ethyl adjacent to an activating group) is 1. The molecule has 0 aromatic heterocycles. The van der Waals surface area contributed by atoms with Crippen LogP contribution in [0.4, 0.5) is 0 Å². The summed E-state index contributed by atoms with van der Waals surface area (Å²) in [7, 11) is 0. The summed E-state index contributed by atoms with van der Waals surface area (Å²) < 4.78 is 0. The SMILES string of the molecule is C=C(C)CN(CC)C(=O)CN1CCC(CCC(=O)O)C1. The van der Waals surface area contributed by atoms with E-state index in [1.54, 1.807) is 0 Å². The lowest BCUT2D eigenvalue weighted by Gasteiger charge is -2.24. The molecule has 5 nitrogen and oxygen atoms in total. The molecule has 0 aliphatic carbocycles. The molecule has 0 aromatic carbocycles. The summed E-state index contributed by atoms with van der Waals surface area (Å²) in [5.74, 6) is -0.192.